The van der Waals surface area contributed by atoms with E-state index in [9.17, 15) is 9.59 Å². The lowest BCUT2D eigenvalue weighted by Gasteiger charge is -2.34. The van der Waals surface area contributed by atoms with E-state index >= 15 is 0 Å². The Morgan fingerprint density at radius 3 is 2.62 bits per heavy atom. The first-order chi connectivity index (χ1) is 7.52. The number of ether oxygens (including phenoxy) is 1. The summed E-state index contributed by atoms with van der Waals surface area (Å²) >= 11 is 0. The van der Waals surface area contributed by atoms with E-state index in [1.807, 2.05) is 6.92 Å². The van der Waals surface area contributed by atoms with Crippen LogP contribution < -0.4 is 5.32 Å². The highest BCUT2D eigenvalue weighted by molar-refractivity contribution is 5.94. The molecule has 0 spiro atoms. The van der Waals surface area contributed by atoms with Gasteiger partial charge in [-0.25, -0.2) is 9.59 Å². The maximum absolute atomic E-state index is 11.8. The fourth-order valence-corrected chi connectivity index (χ4v) is 1.88. The van der Waals surface area contributed by atoms with Gasteiger partial charge in [0.25, 0.3) is 0 Å². The van der Waals surface area contributed by atoms with Gasteiger partial charge in [-0.15, -0.1) is 0 Å². The van der Waals surface area contributed by atoms with Crippen LogP contribution in [0.3, 0.4) is 0 Å². The van der Waals surface area contributed by atoms with E-state index in [0.29, 0.717) is 24.3 Å². The summed E-state index contributed by atoms with van der Waals surface area (Å²) in [5.41, 5.74) is 1.14. The minimum atomic E-state index is -0.348. The van der Waals surface area contributed by atoms with E-state index < -0.39 is 0 Å². The lowest BCUT2D eigenvalue weighted by Crippen LogP contribution is -2.50. The molecule has 2 amide bonds. The number of esters is 1. The third-order valence-electron chi connectivity index (χ3n) is 2.70. The largest absolute Gasteiger partial charge is 0.463 e. The molecule has 0 aromatic heterocycles. The SMILES string of the molecule is CCOC(=O)C1=C(C)NC(=O)N(C)C1CC. The van der Waals surface area contributed by atoms with Gasteiger partial charge in [0, 0.05) is 12.7 Å². The molecule has 5 nitrogen and oxygen atoms in total. The highest BCUT2D eigenvalue weighted by atomic mass is 16.5. The molecule has 1 heterocycles. The van der Waals surface area contributed by atoms with Gasteiger partial charge in [0.2, 0.25) is 0 Å². The summed E-state index contributed by atoms with van der Waals surface area (Å²) in [6, 6.07) is -0.384. The number of amides is 2. The van der Waals surface area contributed by atoms with Gasteiger partial charge in [-0.3, -0.25) is 0 Å². The number of urea groups is 1. The minimum absolute atomic E-state index is 0.183. The number of nitrogens with zero attached hydrogens (tertiary/aromatic N) is 1. The molecule has 1 N–H and O–H groups in total. The van der Waals surface area contributed by atoms with E-state index in [1.165, 1.54) is 4.90 Å². The molecule has 0 aromatic rings. The predicted molar refractivity (Wildman–Crippen MR) is 59.7 cm³/mol. The predicted octanol–water partition coefficient (Wildman–Crippen LogP) is 1.26. The third kappa shape index (κ3) is 2.18. The maximum atomic E-state index is 11.8. The summed E-state index contributed by atoms with van der Waals surface area (Å²) in [7, 11) is 1.68. The number of carbonyl (C=O) groups is 2. The Morgan fingerprint density at radius 2 is 2.12 bits per heavy atom. The normalized spacial score (nSPS) is 20.9. The second-order valence-electron chi connectivity index (χ2n) is 3.72. The van der Waals surface area contributed by atoms with Gasteiger partial charge >= 0.3 is 12.0 Å². The van der Waals surface area contributed by atoms with Crippen molar-refractivity contribution in [3.63, 3.8) is 0 Å². The fourth-order valence-electron chi connectivity index (χ4n) is 1.88. The topological polar surface area (TPSA) is 58.6 Å². The molecule has 1 aliphatic rings. The number of hydrogen-bond acceptors (Lipinski definition) is 3. The van der Waals surface area contributed by atoms with Crippen molar-refractivity contribution in [1.29, 1.82) is 0 Å². The van der Waals surface area contributed by atoms with Gasteiger partial charge < -0.3 is 15.0 Å². The van der Waals surface area contributed by atoms with Crippen molar-refractivity contribution in [2.75, 3.05) is 13.7 Å². The van der Waals surface area contributed by atoms with Crippen molar-refractivity contribution >= 4 is 12.0 Å². The molecule has 0 fully saturated rings. The van der Waals surface area contributed by atoms with Gasteiger partial charge in [-0.2, -0.15) is 0 Å². The zero-order valence-corrected chi connectivity index (χ0v) is 10.2. The van der Waals surface area contributed by atoms with Gasteiger partial charge in [0.15, 0.2) is 0 Å². The first kappa shape index (κ1) is 12.5. The molecule has 16 heavy (non-hydrogen) atoms. The molecule has 0 bridgehead atoms. The number of rotatable bonds is 3. The molecular weight excluding hydrogens is 208 g/mol. The van der Waals surface area contributed by atoms with Gasteiger partial charge in [-0.05, 0) is 20.3 Å². The first-order valence-corrected chi connectivity index (χ1v) is 5.44. The molecular formula is C11H18N2O3. The Labute approximate surface area is 95.4 Å². The molecule has 1 unspecified atom stereocenters. The second kappa shape index (κ2) is 5.01. The Bertz CT molecular complexity index is 336. The van der Waals surface area contributed by atoms with E-state index in [2.05, 4.69) is 5.32 Å². The number of hydrogen-bond donors (Lipinski definition) is 1. The Morgan fingerprint density at radius 1 is 1.50 bits per heavy atom. The van der Waals surface area contributed by atoms with Crippen LogP contribution in [0.25, 0.3) is 0 Å². The van der Waals surface area contributed by atoms with Gasteiger partial charge in [0.05, 0.1) is 18.2 Å². The lowest BCUT2D eigenvalue weighted by atomic mass is 9.99. The number of nitrogens with one attached hydrogen (secondary N) is 1. The summed E-state index contributed by atoms with van der Waals surface area (Å²) < 4.78 is 4.99. The van der Waals surface area contributed by atoms with Crippen molar-refractivity contribution < 1.29 is 14.3 Å². The minimum Gasteiger partial charge on any atom is -0.463 e. The average molecular weight is 226 g/mol. The second-order valence-corrected chi connectivity index (χ2v) is 3.72. The Kier molecular flexibility index (Phi) is 3.93. The van der Waals surface area contributed by atoms with Crippen molar-refractivity contribution in [2.24, 2.45) is 0 Å². The summed E-state index contributed by atoms with van der Waals surface area (Å²) in [5, 5.41) is 2.65. The maximum Gasteiger partial charge on any atom is 0.337 e. The summed E-state index contributed by atoms with van der Waals surface area (Å²) in [6.07, 6.45) is 0.690. The van der Waals surface area contributed by atoms with Crippen molar-refractivity contribution in [2.45, 2.75) is 33.2 Å². The van der Waals surface area contributed by atoms with E-state index in [0.717, 1.165) is 0 Å². The van der Waals surface area contributed by atoms with Gasteiger partial charge in [-0.1, -0.05) is 6.92 Å². The zero-order valence-electron chi connectivity index (χ0n) is 10.2. The molecule has 5 heteroatoms. The van der Waals surface area contributed by atoms with Crippen LogP contribution in [-0.4, -0.2) is 36.6 Å². The molecule has 1 rings (SSSR count). The summed E-state index contributed by atoms with van der Waals surface area (Å²) in [4.78, 5) is 24.8. The van der Waals surface area contributed by atoms with Crippen molar-refractivity contribution in [1.82, 2.24) is 10.2 Å². The molecule has 0 saturated carbocycles. The van der Waals surface area contributed by atoms with Crippen LogP contribution in [0.2, 0.25) is 0 Å². The van der Waals surface area contributed by atoms with Crippen LogP contribution in [0.15, 0.2) is 11.3 Å². The quantitative estimate of drug-likeness (QED) is 0.737. The highest BCUT2D eigenvalue weighted by Gasteiger charge is 2.33. The van der Waals surface area contributed by atoms with Crippen LogP contribution in [-0.2, 0) is 9.53 Å². The monoisotopic (exact) mass is 226 g/mol. The molecule has 0 aromatic carbocycles. The molecule has 0 radical (unpaired) electrons. The van der Waals surface area contributed by atoms with Crippen LogP contribution in [0, 0.1) is 0 Å². The zero-order chi connectivity index (χ0) is 12.3. The van der Waals surface area contributed by atoms with Crippen LogP contribution in [0.4, 0.5) is 4.79 Å². The first-order valence-electron chi connectivity index (χ1n) is 5.44. The van der Waals surface area contributed by atoms with E-state index in [4.69, 9.17) is 4.74 Å². The van der Waals surface area contributed by atoms with Crippen molar-refractivity contribution in [3.05, 3.63) is 11.3 Å². The standard InChI is InChI=1S/C11H18N2O3/c1-5-8-9(10(14)16-6-2)7(3)12-11(15)13(8)4/h8H,5-6H2,1-4H3,(H,12,15). The van der Waals surface area contributed by atoms with Crippen LogP contribution in [0.5, 0.6) is 0 Å². The lowest BCUT2D eigenvalue weighted by molar-refractivity contribution is -0.139. The highest BCUT2D eigenvalue weighted by Crippen LogP contribution is 2.21. The third-order valence-corrected chi connectivity index (χ3v) is 2.70. The van der Waals surface area contributed by atoms with Crippen LogP contribution >= 0.6 is 0 Å². The van der Waals surface area contributed by atoms with Gasteiger partial charge in [0.1, 0.15) is 0 Å². The molecule has 0 aliphatic carbocycles. The van der Waals surface area contributed by atoms with E-state index in [-0.39, 0.29) is 18.0 Å². The molecule has 0 saturated heterocycles. The number of allylic oxidation sites excluding steroid dienone is 1. The number of likely N-dealkylation sites (N-methyl/N-ethyl adjacent to an activating group) is 1. The smallest absolute Gasteiger partial charge is 0.337 e. The summed E-state index contributed by atoms with van der Waals surface area (Å²) in [6.45, 7) is 5.76. The summed E-state index contributed by atoms with van der Waals surface area (Å²) in [5.74, 6) is -0.348. The van der Waals surface area contributed by atoms with Crippen molar-refractivity contribution in [3.8, 4) is 0 Å². The van der Waals surface area contributed by atoms with Crippen LogP contribution in [0.1, 0.15) is 27.2 Å². The average Bonchev–Trinajstić information content (AvgIpc) is 2.23. The fraction of sp³-hybridized carbons (Fsp3) is 0.636. The van der Waals surface area contributed by atoms with E-state index in [1.54, 1.807) is 20.9 Å². The molecule has 1 atom stereocenters. The Balaban J connectivity index is 3.05. The Hall–Kier alpha value is -1.52. The molecule has 90 valence electrons. The number of carbonyl (C=O) groups excluding carboxylic acids is 2. The molecule has 1 aliphatic heterocycles.